The van der Waals surface area contributed by atoms with E-state index in [1.54, 1.807) is 0 Å². The maximum absolute atomic E-state index is 11.8. The Morgan fingerprint density at radius 3 is 2.13 bits per heavy atom. The van der Waals surface area contributed by atoms with Crippen molar-refractivity contribution in [2.24, 2.45) is 16.5 Å². The van der Waals surface area contributed by atoms with Gasteiger partial charge in [-0.15, -0.1) is 0 Å². The summed E-state index contributed by atoms with van der Waals surface area (Å²) in [6.07, 6.45) is 1.04. The lowest BCUT2D eigenvalue weighted by atomic mass is 10.2. The molecule has 0 bridgehead atoms. The first-order valence-corrected chi connectivity index (χ1v) is 6.47. The van der Waals surface area contributed by atoms with Gasteiger partial charge in [-0.05, 0) is 12.8 Å². The molecular formula is C12H15N5O6. The fraction of sp³-hybridized carbons (Fsp3) is 0.333. The highest BCUT2D eigenvalue weighted by molar-refractivity contribution is 5.91. The van der Waals surface area contributed by atoms with Crippen molar-refractivity contribution in [2.75, 3.05) is 13.2 Å². The molecule has 4 N–H and O–H groups in total. The SMILES string of the molecule is NC(N)=NCCCCOC(=O)c1cc([N+](=O)[O-])cc([N+](=O)[O-])c1. The number of guanidine groups is 1. The first kappa shape index (κ1) is 17.8. The Kier molecular flexibility index (Phi) is 6.40. The summed E-state index contributed by atoms with van der Waals surface area (Å²) >= 11 is 0. The van der Waals surface area contributed by atoms with Gasteiger partial charge in [0.2, 0.25) is 0 Å². The van der Waals surface area contributed by atoms with Gasteiger partial charge in [0.15, 0.2) is 5.96 Å². The van der Waals surface area contributed by atoms with Gasteiger partial charge in [-0.3, -0.25) is 25.2 Å². The number of nitrogens with zero attached hydrogens (tertiary/aromatic N) is 3. The third-order valence-corrected chi connectivity index (χ3v) is 2.64. The molecule has 0 saturated carbocycles. The number of aliphatic imine (C=N–C) groups is 1. The Hall–Kier alpha value is -3.24. The van der Waals surface area contributed by atoms with E-state index in [0.29, 0.717) is 19.4 Å². The van der Waals surface area contributed by atoms with Crippen LogP contribution in [0.25, 0.3) is 0 Å². The van der Waals surface area contributed by atoms with Gasteiger partial charge < -0.3 is 16.2 Å². The zero-order chi connectivity index (χ0) is 17.4. The quantitative estimate of drug-likeness (QED) is 0.175. The number of hydrogen-bond acceptors (Lipinski definition) is 7. The van der Waals surface area contributed by atoms with Crippen LogP contribution < -0.4 is 11.5 Å². The number of hydrogen-bond donors (Lipinski definition) is 2. The molecule has 0 fully saturated rings. The number of carbonyl (C=O) groups excluding carboxylic acids is 1. The molecule has 11 nitrogen and oxygen atoms in total. The summed E-state index contributed by atoms with van der Waals surface area (Å²) in [5.74, 6) is -0.912. The van der Waals surface area contributed by atoms with Crippen molar-refractivity contribution in [3.8, 4) is 0 Å². The van der Waals surface area contributed by atoms with Crippen LogP contribution in [0, 0.1) is 20.2 Å². The van der Waals surface area contributed by atoms with E-state index in [1.807, 2.05) is 0 Å². The Morgan fingerprint density at radius 2 is 1.65 bits per heavy atom. The molecule has 0 radical (unpaired) electrons. The molecular weight excluding hydrogens is 310 g/mol. The average Bonchev–Trinajstić information content (AvgIpc) is 2.49. The summed E-state index contributed by atoms with van der Waals surface area (Å²) in [5.41, 5.74) is 8.91. The number of nitro groups is 2. The topological polar surface area (TPSA) is 177 Å². The van der Waals surface area contributed by atoms with E-state index in [4.69, 9.17) is 16.2 Å². The molecule has 0 unspecified atom stereocenters. The highest BCUT2D eigenvalue weighted by atomic mass is 16.6. The molecule has 0 atom stereocenters. The standard InChI is InChI=1S/C12H15N5O6/c13-12(14)15-3-1-2-4-23-11(18)8-5-9(16(19)20)7-10(6-8)17(21)22/h5-7H,1-4H2,(H4,13,14,15). The van der Waals surface area contributed by atoms with Crippen molar-refractivity contribution in [3.05, 3.63) is 44.0 Å². The van der Waals surface area contributed by atoms with Crippen LogP contribution in [-0.2, 0) is 4.74 Å². The molecule has 11 heteroatoms. The molecule has 0 spiro atoms. The van der Waals surface area contributed by atoms with E-state index < -0.39 is 27.2 Å². The third kappa shape index (κ3) is 5.95. The van der Waals surface area contributed by atoms with E-state index in [1.165, 1.54) is 0 Å². The number of nitro benzene ring substituents is 2. The van der Waals surface area contributed by atoms with Crippen molar-refractivity contribution >= 4 is 23.3 Å². The van der Waals surface area contributed by atoms with Crippen LogP contribution in [-0.4, -0.2) is 34.9 Å². The van der Waals surface area contributed by atoms with Crippen LogP contribution in [0.1, 0.15) is 23.2 Å². The number of ether oxygens (including phenoxy) is 1. The second-order valence-electron chi connectivity index (χ2n) is 4.40. The van der Waals surface area contributed by atoms with Gasteiger partial charge >= 0.3 is 5.97 Å². The van der Waals surface area contributed by atoms with Crippen LogP contribution in [0.5, 0.6) is 0 Å². The Balaban J connectivity index is 2.66. The van der Waals surface area contributed by atoms with Gasteiger partial charge in [0, 0.05) is 18.7 Å². The van der Waals surface area contributed by atoms with Crippen LogP contribution in [0.15, 0.2) is 23.2 Å². The van der Waals surface area contributed by atoms with E-state index >= 15 is 0 Å². The summed E-state index contributed by atoms with van der Waals surface area (Å²) < 4.78 is 4.91. The predicted molar refractivity (Wildman–Crippen MR) is 79.9 cm³/mol. The molecule has 1 aromatic rings. The van der Waals surface area contributed by atoms with Gasteiger partial charge in [0.25, 0.3) is 11.4 Å². The summed E-state index contributed by atoms with van der Waals surface area (Å²) in [6, 6.07) is 2.62. The molecule has 0 aliphatic carbocycles. The highest BCUT2D eigenvalue weighted by Gasteiger charge is 2.20. The van der Waals surface area contributed by atoms with Crippen LogP contribution in [0.2, 0.25) is 0 Å². The minimum Gasteiger partial charge on any atom is -0.462 e. The van der Waals surface area contributed by atoms with E-state index in [0.717, 1.165) is 18.2 Å². The maximum atomic E-state index is 11.8. The van der Waals surface area contributed by atoms with Crippen molar-refractivity contribution in [2.45, 2.75) is 12.8 Å². The Morgan fingerprint density at radius 1 is 1.09 bits per heavy atom. The fourth-order valence-corrected chi connectivity index (χ4v) is 1.59. The van der Waals surface area contributed by atoms with E-state index in [2.05, 4.69) is 4.99 Å². The van der Waals surface area contributed by atoms with Crippen molar-refractivity contribution in [1.82, 2.24) is 0 Å². The number of nitrogens with two attached hydrogens (primary N) is 2. The Labute approximate surface area is 130 Å². The lowest BCUT2D eigenvalue weighted by Crippen LogP contribution is -2.23. The number of rotatable bonds is 8. The molecule has 124 valence electrons. The monoisotopic (exact) mass is 325 g/mol. The van der Waals surface area contributed by atoms with Gasteiger partial charge in [-0.2, -0.15) is 0 Å². The summed E-state index contributed by atoms with van der Waals surface area (Å²) in [4.78, 5) is 35.4. The molecule has 0 aromatic heterocycles. The Bertz CT molecular complexity index is 609. The molecule has 0 heterocycles. The number of benzene rings is 1. The van der Waals surface area contributed by atoms with Crippen molar-refractivity contribution < 1.29 is 19.4 Å². The lowest BCUT2D eigenvalue weighted by molar-refractivity contribution is -0.394. The summed E-state index contributed by atoms with van der Waals surface area (Å²) in [7, 11) is 0. The summed E-state index contributed by atoms with van der Waals surface area (Å²) in [6.45, 7) is 0.414. The average molecular weight is 325 g/mol. The van der Waals surface area contributed by atoms with Crippen molar-refractivity contribution in [3.63, 3.8) is 0 Å². The number of unbranched alkanes of at least 4 members (excludes halogenated alkanes) is 1. The molecule has 1 rings (SSSR count). The normalized spacial score (nSPS) is 9.91. The van der Waals surface area contributed by atoms with Crippen LogP contribution >= 0.6 is 0 Å². The molecule has 0 saturated heterocycles. The molecule has 23 heavy (non-hydrogen) atoms. The largest absolute Gasteiger partial charge is 0.462 e. The number of carbonyl (C=O) groups is 1. The summed E-state index contributed by atoms with van der Waals surface area (Å²) in [5, 5.41) is 21.5. The molecule has 0 amide bonds. The van der Waals surface area contributed by atoms with Gasteiger partial charge in [-0.25, -0.2) is 4.79 Å². The van der Waals surface area contributed by atoms with Crippen LogP contribution in [0.3, 0.4) is 0 Å². The maximum Gasteiger partial charge on any atom is 0.338 e. The number of esters is 1. The second kappa shape index (κ2) is 8.26. The zero-order valence-electron chi connectivity index (χ0n) is 12.0. The molecule has 0 aliphatic heterocycles. The predicted octanol–water partition coefficient (Wildman–Crippen LogP) is 0.713. The van der Waals surface area contributed by atoms with Gasteiger partial charge in [-0.1, -0.05) is 0 Å². The van der Waals surface area contributed by atoms with Crippen molar-refractivity contribution in [1.29, 1.82) is 0 Å². The second-order valence-corrected chi connectivity index (χ2v) is 4.40. The number of non-ortho nitro benzene ring substituents is 2. The zero-order valence-corrected chi connectivity index (χ0v) is 12.0. The highest BCUT2D eigenvalue weighted by Crippen LogP contribution is 2.23. The minimum absolute atomic E-state index is 0.0362. The van der Waals surface area contributed by atoms with Crippen LogP contribution in [0.4, 0.5) is 11.4 Å². The minimum atomic E-state index is -0.876. The first-order chi connectivity index (χ1) is 10.8. The molecule has 1 aromatic carbocycles. The molecule has 0 aliphatic rings. The fourth-order valence-electron chi connectivity index (χ4n) is 1.59. The first-order valence-electron chi connectivity index (χ1n) is 6.47. The van der Waals surface area contributed by atoms with Gasteiger partial charge in [0.05, 0.1) is 28.1 Å². The third-order valence-electron chi connectivity index (χ3n) is 2.64. The van der Waals surface area contributed by atoms with E-state index in [-0.39, 0.29) is 18.1 Å². The lowest BCUT2D eigenvalue weighted by Gasteiger charge is -2.04. The van der Waals surface area contributed by atoms with E-state index in [9.17, 15) is 25.0 Å². The smallest absolute Gasteiger partial charge is 0.338 e. The van der Waals surface area contributed by atoms with Gasteiger partial charge in [0.1, 0.15) is 0 Å².